The second-order valence-corrected chi connectivity index (χ2v) is 5.91. The number of nitrogens with one attached hydrogen (secondary N) is 1. The molecule has 1 spiro atoms. The summed E-state index contributed by atoms with van der Waals surface area (Å²) in [6, 6.07) is 0. The minimum atomic E-state index is 0.631. The van der Waals surface area contributed by atoms with Crippen molar-refractivity contribution in [1.82, 2.24) is 5.32 Å². The van der Waals surface area contributed by atoms with Gasteiger partial charge in [0.15, 0.2) is 0 Å². The minimum Gasteiger partial charge on any atom is -0.316 e. The van der Waals surface area contributed by atoms with Crippen molar-refractivity contribution >= 4 is 0 Å². The summed E-state index contributed by atoms with van der Waals surface area (Å²) in [4.78, 5) is 0. The van der Waals surface area contributed by atoms with Crippen molar-refractivity contribution in [3.8, 4) is 0 Å². The highest BCUT2D eigenvalue weighted by Crippen LogP contribution is 2.55. The largest absolute Gasteiger partial charge is 0.316 e. The molecule has 2 aliphatic rings. The molecule has 2 atom stereocenters. The minimum absolute atomic E-state index is 0.631. The number of hydrogen-bond acceptors (Lipinski definition) is 1. The average Bonchev–Trinajstić information content (AvgIpc) is 2.80. The predicted molar refractivity (Wildman–Crippen MR) is 68.1 cm³/mol. The Morgan fingerprint density at radius 1 is 1.07 bits per heavy atom. The van der Waals surface area contributed by atoms with Crippen LogP contribution in [-0.2, 0) is 0 Å². The molecule has 1 saturated carbocycles. The summed E-state index contributed by atoms with van der Waals surface area (Å²) in [5, 5.41) is 3.53. The van der Waals surface area contributed by atoms with E-state index in [9.17, 15) is 0 Å². The maximum atomic E-state index is 3.53. The van der Waals surface area contributed by atoms with Crippen LogP contribution in [0.15, 0.2) is 0 Å². The summed E-state index contributed by atoms with van der Waals surface area (Å²) >= 11 is 0. The number of hydrogen-bond donors (Lipinski definition) is 1. The molecular weight excluding hydrogens is 182 g/mol. The molecule has 1 saturated heterocycles. The van der Waals surface area contributed by atoms with Crippen LogP contribution in [0.4, 0.5) is 0 Å². The first-order chi connectivity index (χ1) is 7.06. The molecule has 90 valence electrons. The Morgan fingerprint density at radius 3 is 2.13 bits per heavy atom. The third-order valence-corrected chi connectivity index (χ3v) is 4.73. The second kappa shape index (κ2) is 4.86. The van der Waals surface area contributed by atoms with Crippen LogP contribution in [0.2, 0.25) is 0 Å². The van der Waals surface area contributed by atoms with Gasteiger partial charge < -0.3 is 5.32 Å². The Hall–Kier alpha value is -0.0400. The molecule has 1 heteroatoms. The third kappa shape index (κ3) is 2.55. The zero-order valence-corrected chi connectivity index (χ0v) is 11.3. The van der Waals surface area contributed by atoms with E-state index in [1.54, 1.807) is 0 Å². The van der Waals surface area contributed by atoms with Crippen molar-refractivity contribution in [1.29, 1.82) is 0 Å². The van der Waals surface area contributed by atoms with Gasteiger partial charge in [0, 0.05) is 6.54 Å². The zero-order chi connectivity index (χ0) is 11.5. The van der Waals surface area contributed by atoms with Crippen molar-refractivity contribution in [2.75, 3.05) is 13.1 Å². The Balaban J connectivity index is 0.000000531. The van der Waals surface area contributed by atoms with E-state index in [-0.39, 0.29) is 0 Å². The van der Waals surface area contributed by atoms with Crippen molar-refractivity contribution in [3.63, 3.8) is 0 Å². The van der Waals surface area contributed by atoms with E-state index in [1.807, 2.05) is 13.8 Å². The van der Waals surface area contributed by atoms with Crippen molar-refractivity contribution in [2.24, 2.45) is 16.7 Å². The Labute approximate surface area is 96.0 Å². The predicted octanol–water partition coefficient (Wildman–Crippen LogP) is 3.84. The van der Waals surface area contributed by atoms with Gasteiger partial charge in [-0.25, -0.2) is 0 Å². The van der Waals surface area contributed by atoms with E-state index in [4.69, 9.17) is 0 Å². The molecule has 0 aromatic heterocycles. The third-order valence-electron chi connectivity index (χ3n) is 4.73. The molecule has 2 rings (SSSR count). The van der Waals surface area contributed by atoms with Gasteiger partial charge >= 0.3 is 0 Å². The van der Waals surface area contributed by atoms with Gasteiger partial charge in [-0.3, -0.25) is 0 Å². The molecule has 1 nitrogen and oxygen atoms in total. The van der Waals surface area contributed by atoms with Crippen LogP contribution in [0.1, 0.15) is 60.3 Å². The van der Waals surface area contributed by atoms with E-state index >= 15 is 0 Å². The maximum absolute atomic E-state index is 3.53. The summed E-state index contributed by atoms with van der Waals surface area (Å²) in [6.07, 6.45) is 5.81. The van der Waals surface area contributed by atoms with Crippen molar-refractivity contribution in [3.05, 3.63) is 0 Å². The lowest BCUT2D eigenvalue weighted by molar-refractivity contribution is 0.191. The highest BCUT2D eigenvalue weighted by atomic mass is 14.9. The normalized spacial score (nSPS) is 39.6. The van der Waals surface area contributed by atoms with E-state index in [1.165, 1.54) is 38.8 Å². The van der Waals surface area contributed by atoms with Gasteiger partial charge in [0.1, 0.15) is 0 Å². The fourth-order valence-electron chi connectivity index (χ4n) is 3.24. The topological polar surface area (TPSA) is 12.0 Å². The molecule has 15 heavy (non-hydrogen) atoms. The molecule has 0 amide bonds. The first kappa shape index (κ1) is 13.0. The van der Waals surface area contributed by atoms with Crippen molar-refractivity contribution < 1.29 is 0 Å². The molecule has 1 N–H and O–H groups in total. The van der Waals surface area contributed by atoms with E-state index < -0.39 is 0 Å². The standard InChI is InChI=1S/C12H23N.C2H6/c1-10(2)11(3)4-5-12(8-11)6-7-13-9-12;1-2/h10,13H,4-9H2,1-3H3;1-2H3. The van der Waals surface area contributed by atoms with E-state index in [0.29, 0.717) is 10.8 Å². The van der Waals surface area contributed by atoms with Crippen LogP contribution in [0, 0.1) is 16.7 Å². The SMILES string of the molecule is CC.CC(C)C1(C)CCC2(CCNC2)C1. The summed E-state index contributed by atoms with van der Waals surface area (Å²) in [6.45, 7) is 13.8. The Bertz CT molecular complexity index is 188. The zero-order valence-electron chi connectivity index (χ0n) is 11.3. The van der Waals surface area contributed by atoms with Gasteiger partial charge in [-0.1, -0.05) is 34.6 Å². The molecule has 0 aromatic rings. The van der Waals surface area contributed by atoms with Gasteiger partial charge in [0.05, 0.1) is 0 Å². The molecule has 1 heterocycles. The van der Waals surface area contributed by atoms with Crippen LogP contribution < -0.4 is 5.32 Å². The van der Waals surface area contributed by atoms with Crippen LogP contribution in [0.3, 0.4) is 0 Å². The quantitative estimate of drug-likeness (QED) is 0.695. The molecular formula is C14H29N. The van der Waals surface area contributed by atoms with Gasteiger partial charge in [0.25, 0.3) is 0 Å². The summed E-state index contributed by atoms with van der Waals surface area (Å²) in [5.41, 5.74) is 1.32. The fourth-order valence-corrected chi connectivity index (χ4v) is 3.24. The van der Waals surface area contributed by atoms with Crippen LogP contribution in [-0.4, -0.2) is 13.1 Å². The molecule has 1 aliphatic heterocycles. The van der Waals surface area contributed by atoms with Gasteiger partial charge in [-0.05, 0) is 49.0 Å². The highest BCUT2D eigenvalue weighted by Gasteiger charge is 2.47. The van der Waals surface area contributed by atoms with Crippen LogP contribution in [0.25, 0.3) is 0 Å². The lowest BCUT2D eigenvalue weighted by atomic mass is 9.74. The lowest BCUT2D eigenvalue weighted by Crippen LogP contribution is -2.25. The highest BCUT2D eigenvalue weighted by molar-refractivity contribution is 5.00. The molecule has 2 fully saturated rings. The summed E-state index contributed by atoms with van der Waals surface area (Å²) < 4.78 is 0. The second-order valence-electron chi connectivity index (χ2n) is 5.91. The smallest absolute Gasteiger partial charge is 0.000850 e. The average molecular weight is 211 g/mol. The maximum Gasteiger partial charge on any atom is 0.000850 e. The molecule has 0 bridgehead atoms. The molecule has 1 aliphatic carbocycles. The Morgan fingerprint density at radius 2 is 1.73 bits per heavy atom. The monoisotopic (exact) mass is 211 g/mol. The van der Waals surface area contributed by atoms with E-state index in [0.717, 1.165) is 5.92 Å². The van der Waals surface area contributed by atoms with E-state index in [2.05, 4.69) is 26.1 Å². The summed E-state index contributed by atoms with van der Waals surface area (Å²) in [5.74, 6) is 0.854. The van der Waals surface area contributed by atoms with Crippen LogP contribution in [0.5, 0.6) is 0 Å². The lowest BCUT2D eigenvalue weighted by Gasteiger charge is -2.31. The first-order valence-corrected chi connectivity index (χ1v) is 6.77. The first-order valence-electron chi connectivity index (χ1n) is 6.77. The summed E-state index contributed by atoms with van der Waals surface area (Å²) in [7, 11) is 0. The van der Waals surface area contributed by atoms with Gasteiger partial charge in [-0.2, -0.15) is 0 Å². The Kier molecular flexibility index (Phi) is 4.22. The molecule has 0 radical (unpaired) electrons. The number of rotatable bonds is 1. The fraction of sp³-hybridized carbons (Fsp3) is 1.00. The van der Waals surface area contributed by atoms with Gasteiger partial charge in [-0.15, -0.1) is 0 Å². The van der Waals surface area contributed by atoms with Crippen molar-refractivity contribution in [2.45, 2.75) is 60.3 Å². The van der Waals surface area contributed by atoms with Crippen LogP contribution >= 0.6 is 0 Å². The van der Waals surface area contributed by atoms with Gasteiger partial charge in [0.2, 0.25) is 0 Å². The molecule has 2 unspecified atom stereocenters. The molecule has 0 aromatic carbocycles.